The van der Waals surface area contributed by atoms with Gasteiger partial charge in [-0.05, 0) is 66.9 Å². The number of nitrogens with one attached hydrogen (secondary N) is 2. The van der Waals surface area contributed by atoms with Gasteiger partial charge in [-0.3, -0.25) is 14.2 Å². The summed E-state index contributed by atoms with van der Waals surface area (Å²) in [6.07, 6.45) is 3.33. The van der Waals surface area contributed by atoms with Crippen LogP contribution >= 0.6 is 23.8 Å². The van der Waals surface area contributed by atoms with E-state index in [1.807, 2.05) is 0 Å². The van der Waals surface area contributed by atoms with Gasteiger partial charge < -0.3 is 10.3 Å². The number of fused-ring (bicyclic) bond motifs is 1. The lowest BCUT2D eigenvalue weighted by Crippen LogP contribution is -2.43. The Morgan fingerprint density at radius 2 is 2.00 bits per heavy atom. The minimum Gasteiger partial charge on any atom is -0.349 e. The number of benzene rings is 2. The van der Waals surface area contributed by atoms with Crippen molar-refractivity contribution in [2.24, 2.45) is 11.8 Å². The number of hydrogen-bond acceptors (Lipinski definition) is 3. The highest BCUT2D eigenvalue weighted by Gasteiger charge is 2.28. The number of aromatic nitrogens is 2. The van der Waals surface area contributed by atoms with Gasteiger partial charge in [0.25, 0.3) is 11.5 Å². The van der Waals surface area contributed by atoms with E-state index < -0.39 is 0 Å². The third-order valence-corrected chi connectivity index (χ3v) is 6.77. The molecule has 3 atom stereocenters. The second-order valence-corrected chi connectivity index (χ2v) is 8.98. The first-order valence-corrected chi connectivity index (χ1v) is 11.0. The molecule has 0 unspecified atom stereocenters. The first-order valence-electron chi connectivity index (χ1n) is 10.2. The van der Waals surface area contributed by atoms with Crippen LogP contribution in [0.3, 0.4) is 0 Å². The van der Waals surface area contributed by atoms with E-state index >= 15 is 0 Å². The first kappa shape index (κ1) is 20.8. The fourth-order valence-electron chi connectivity index (χ4n) is 4.25. The van der Waals surface area contributed by atoms with Crippen molar-refractivity contribution in [1.82, 2.24) is 14.9 Å². The Balaban J connectivity index is 1.69. The summed E-state index contributed by atoms with van der Waals surface area (Å²) >= 11 is 11.5. The van der Waals surface area contributed by atoms with Crippen LogP contribution in [0.15, 0.2) is 47.3 Å². The fourth-order valence-corrected chi connectivity index (χ4v) is 4.72. The lowest BCUT2D eigenvalue weighted by molar-refractivity contribution is 0.0891. The molecule has 156 valence electrons. The maximum Gasteiger partial charge on any atom is 0.266 e. The van der Waals surface area contributed by atoms with Crippen molar-refractivity contribution >= 4 is 40.6 Å². The Morgan fingerprint density at radius 3 is 2.80 bits per heavy atom. The maximum absolute atomic E-state index is 13.1. The number of hydrogen-bond donors (Lipinski definition) is 2. The Morgan fingerprint density at radius 1 is 1.20 bits per heavy atom. The van der Waals surface area contributed by atoms with Crippen molar-refractivity contribution < 1.29 is 4.79 Å². The summed E-state index contributed by atoms with van der Waals surface area (Å²) in [5, 5.41) is 4.19. The predicted molar refractivity (Wildman–Crippen MR) is 123 cm³/mol. The van der Waals surface area contributed by atoms with Crippen LogP contribution in [0.4, 0.5) is 0 Å². The molecule has 2 N–H and O–H groups in total. The molecular weight excluding hydrogens is 418 g/mol. The minimum absolute atomic E-state index is 0.127. The maximum atomic E-state index is 13.1. The Kier molecular flexibility index (Phi) is 5.80. The van der Waals surface area contributed by atoms with Crippen LogP contribution in [0.1, 0.15) is 43.5 Å². The zero-order valence-electron chi connectivity index (χ0n) is 16.9. The van der Waals surface area contributed by atoms with Crippen LogP contribution in [0.25, 0.3) is 16.6 Å². The summed E-state index contributed by atoms with van der Waals surface area (Å²) in [7, 11) is 0. The molecular formula is C23H24ClN3O2S. The standard InChI is InChI=1S/C23H24ClN3O2S/c1-13-5-3-8-19(14(13)2)25-21(28)15-6-4-7-17(11-15)27-22(29)18-10-9-16(24)12-20(18)26-23(27)30/h4,6-7,9-14,19H,3,5,8H2,1-2H3,(H,25,28)(H,26,30)/t13-,14+,19+/m1/s1. The van der Waals surface area contributed by atoms with Crippen molar-refractivity contribution in [3.05, 3.63) is 68.2 Å². The van der Waals surface area contributed by atoms with Crippen LogP contribution in [-0.2, 0) is 0 Å². The van der Waals surface area contributed by atoms with Crippen LogP contribution in [0, 0.1) is 16.6 Å². The lowest BCUT2D eigenvalue weighted by atomic mass is 9.78. The number of amides is 1. The normalized spacial score (nSPS) is 21.5. The summed E-state index contributed by atoms with van der Waals surface area (Å²) in [6.45, 7) is 4.44. The Hall–Kier alpha value is -2.44. The monoisotopic (exact) mass is 441 g/mol. The molecule has 0 aliphatic heterocycles. The molecule has 0 radical (unpaired) electrons. The van der Waals surface area contributed by atoms with E-state index in [9.17, 15) is 9.59 Å². The van der Waals surface area contributed by atoms with Gasteiger partial charge in [-0.2, -0.15) is 0 Å². The summed E-state index contributed by atoms with van der Waals surface area (Å²) < 4.78 is 1.66. The molecule has 2 aromatic carbocycles. The molecule has 1 fully saturated rings. The number of halogens is 1. The van der Waals surface area contributed by atoms with Gasteiger partial charge in [0.1, 0.15) is 0 Å². The number of carbonyl (C=O) groups excluding carboxylic acids is 1. The van der Waals surface area contributed by atoms with E-state index in [0.717, 1.165) is 12.8 Å². The molecule has 0 spiro atoms. The molecule has 3 aromatic rings. The van der Waals surface area contributed by atoms with E-state index in [1.54, 1.807) is 42.5 Å². The third-order valence-electron chi connectivity index (χ3n) is 6.25. The highest BCUT2D eigenvalue weighted by Crippen LogP contribution is 2.29. The average Bonchev–Trinajstić information content (AvgIpc) is 2.71. The van der Waals surface area contributed by atoms with Gasteiger partial charge in [0.05, 0.1) is 16.6 Å². The average molecular weight is 442 g/mol. The summed E-state index contributed by atoms with van der Waals surface area (Å²) in [6, 6.07) is 12.2. The molecule has 7 heteroatoms. The topological polar surface area (TPSA) is 66.9 Å². The van der Waals surface area contributed by atoms with Crippen molar-refractivity contribution in [3.63, 3.8) is 0 Å². The van der Waals surface area contributed by atoms with E-state index in [2.05, 4.69) is 24.1 Å². The molecule has 4 rings (SSSR count). The van der Waals surface area contributed by atoms with Gasteiger partial charge in [0, 0.05) is 16.6 Å². The highest BCUT2D eigenvalue weighted by molar-refractivity contribution is 7.71. The van der Waals surface area contributed by atoms with Crippen molar-refractivity contribution in [2.75, 3.05) is 0 Å². The minimum atomic E-state index is -0.252. The quantitative estimate of drug-likeness (QED) is 0.545. The number of nitrogens with zero attached hydrogens (tertiary/aromatic N) is 1. The van der Waals surface area contributed by atoms with Crippen molar-refractivity contribution in [3.8, 4) is 5.69 Å². The molecule has 1 aliphatic carbocycles. The summed E-state index contributed by atoms with van der Waals surface area (Å²) in [5.41, 5.74) is 1.40. The number of rotatable bonds is 3. The molecule has 1 heterocycles. The van der Waals surface area contributed by atoms with Gasteiger partial charge in [-0.1, -0.05) is 44.4 Å². The van der Waals surface area contributed by atoms with Gasteiger partial charge >= 0.3 is 0 Å². The zero-order valence-corrected chi connectivity index (χ0v) is 18.5. The van der Waals surface area contributed by atoms with Gasteiger partial charge in [-0.15, -0.1) is 0 Å². The van der Waals surface area contributed by atoms with Gasteiger partial charge in [0.2, 0.25) is 0 Å². The smallest absolute Gasteiger partial charge is 0.266 e. The number of H-pyrrole nitrogens is 1. The first-order chi connectivity index (χ1) is 14.3. The van der Waals surface area contributed by atoms with Crippen molar-refractivity contribution in [2.45, 2.75) is 39.2 Å². The SMILES string of the molecule is C[C@H]1[C@H](C)CCC[C@@H]1NC(=O)c1cccc(-n2c(=S)[nH]c3cc(Cl)ccc3c2=O)c1. The van der Waals surface area contributed by atoms with Crippen LogP contribution < -0.4 is 10.9 Å². The van der Waals surface area contributed by atoms with Crippen LogP contribution in [0.5, 0.6) is 0 Å². The highest BCUT2D eigenvalue weighted by atomic mass is 35.5. The van der Waals surface area contributed by atoms with Gasteiger partial charge in [0.15, 0.2) is 4.77 Å². The van der Waals surface area contributed by atoms with E-state index in [0.29, 0.717) is 39.0 Å². The van der Waals surface area contributed by atoms with Crippen LogP contribution in [0.2, 0.25) is 5.02 Å². The predicted octanol–water partition coefficient (Wildman–Crippen LogP) is 5.26. The molecule has 1 aromatic heterocycles. The van der Waals surface area contributed by atoms with E-state index in [4.69, 9.17) is 23.8 Å². The molecule has 1 aliphatic rings. The second kappa shape index (κ2) is 8.36. The number of carbonyl (C=O) groups is 1. The van der Waals surface area contributed by atoms with E-state index in [-0.39, 0.29) is 22.3 Å². The Labute approximate surface area is 185 Å². The number of aromatic amines is 1. The molecule has 0 bridgehead atoms. The molecule has 0 saturated heterocycles. The Bertz CT molecular complexity index is 1230. The third kappa shape index (κ3) is 3.94. The summed E-state index contributed by atoms with van der Waals surface area (Å²) in [4.78, 5) is 29.0. The second-order valence-electron chi connectivity index (χ2n) is 8.16. The molecule has 5 nitrogen and oxygen atoms in total. The largest absolute Gasteiger partial charge is 0.349 e. The van der Waals surface area contributed by atoms with E-state index in [1.165, 1.54) is 11.0 Å². The molecule has 1 saturated carbocycles. The molecule has 1 amide bonds. The zero-order chi connectivity index (χ0) is 21.4. The molecule has 30 heavy (non-hydrogen) atoms. The lowest BCUT2D eigenvalue weighted by Gasteiger charge is -2.34. The van der Waals surface area contributed by atoms with Gasteiger partial charge in [-0.25, -0.2) is 0 Å². The fraction of sp³-hybridized carbons (Fsp3) is 0.348. The summed E-state index contributed by atoms with van der Waals surface area (Å²) in [5.74, 6) is 0.909. The van der Waals surface area contributed by atoms with Crippen molar-refractivity contribution in [1.29, 1.82) is 0 Å². The van der Waals surface area contributed by atoms with Crippen LogP contribution in [-0.4, -0.2) is 21.5 Å².